The molecule has 0 aliphatic carbocycles. The second kappa shape index (κ2) is 3.77. The number of aromatic nitrogens is 2. The number of carboxylic acid groups (broad SMARTS) is 1. The number of rotatable bonds is 3. The van der Waals surface area contributed by atoms with E-state index in [1.54, 1.807) is 35.8 Å². The molecule has 0 bridgehead atoms. The third kappa shape index (κ3) is 1.91. The number of carbonyl (C=O) groups is 1. The van der Waals surface area contributed by atoms with Gasteiger partial charge in [0.05, 0.1) is 14.1 Å². The van der Waals surface area contributed by atoms with Crippen molar-refractivity contribution >= 4 is 5.97 Å². The fourth-order valence-corrected chi connectivity index (χ4v) is 1.28. The molecule has 1 heterocycles. The summed E-state index contributed by atoms with van der Waals surface area (Å²) in [5, 5.41) is 18.2. The fourth-order valence-electron chi connectivity index (χ4n) is 1.28. The minimum Gasteiger partial charge on any atom is -0.480 e. The molecule has 2 atom stereocenters. The molecule has 78 valence electrons. The highest BCUT2D eigenvalue weighted by Crippen LogP contribution is 2.13. The molecular formula is C8H14N3O3+. The highest BCUT2D eigenvalue weighted by molar-refractivity contribution is 5.74. The van der Waals surface area contributed by atoms with Gasteiger partial charge in [0.1, 0.15) is 18.3 Å². The first kappa shape index (κ1) is 10.7. The lowest BCUT2D eigenvalue weighted by molar-refractivity contribution is -0.671. The molecule has 1 aromatic heterocycles. The van der Waals surface area contributed by atoms with E-state index < -0.39 is 18.1 Å². The van der Waals surface area contributed by atoms with E-state index in [0.717, 1.165) is 0 Å². The maximum absolute atomic E-state index is 10.5. The normalized spacial score (nSPS) is 15.1. The number of nitrogens with two attached hydrogens (primary N) is 1. The molecule has 0 fully saturated rings. The standard InChI is InChI=1S/C8H13N3O3/c1-10-3-5(11(2)4-10)7(12)6(9)8(13)14/h3-4,6-7,12H,9H2,1-2H3/p+1/t6-,7?/m0/s1. The van der Waals surface area contributed by atoms with Crippen molar-refractivity contribution in [3.8, 4) is 0 Å². The van der Waals surface area contributed by atoms with E-state index in [-0.39, 0.29) is 0 Å². The summed E-state index contributed by atoms with van der Waals surface area (Å²) in [5.41, 5.74) is 5.77. The summed E-state index contributed by atoms with van der Waals surface area (Å²) in [7, 11) is 3.50. The van der Waals surface area contributed by atoms with Gasteiger partial charge >= 0.3 is 5.97 Å². The summed E-state index contributed by atoms with van der Waals surface area (Å²) < 4.78 is 3.35. The lowest BCUT2D eigenvalue weighted by Crippen LogP contribution is -2.37. The highest BCUT2D eigenvalue weighted by atomic mass is 16.4. The average molecular weight is 200 g/mol. The van der Waals surface area contributed by atoms with E-state index in [1.807, 2.05) is 0 Å². The van der Waals surface area contributed by atoms with Crippen LogP contribution in [0.25, 0.3) is 0 Å². The lowest BCUT2D eigenvalue weighted by Gasteiger charge is -2.11. The van der Waals surface area contributed by atoms with Crippen LogP contribution in [-0.2, 0) is 18.9 Å². The Morgan fingerprint density at radius 1 is 1.71 bits per heavy atom. The quantitative estimate of drug-likeness (QED) is 0.507. The van der Waals surface area contributed by atoms with E-state index in [9.17, 15) is 9.90 Å². The summed E-state index contributed by atoms with van der Waals surface area (Å²) in [4.78, 5) is 10.5. The van der Waals surface area contributed by atoms with Crippen LogP contribution in [0.5, 0.6) is 0 Å². The van der Waals surface area contributed by atoms with Gasteiger partial charge in [-0.2, -0.15) is 0 Å². The molecule has 1 rings (SSSR count). The topological polar surface area (TPSA) is 92.4 Å². The summed E-state index contributed by atoms with van der Waals surface area (Å²) in [5.74, 6) is -1.22. The van der Waals surface area contributed by atoms with Crippen molar-refractivity contribution in [2.45, 2.75) is 12.1 Å². The molecule has 14 heavy (non-hydrogen) atoms. The molecule has 0 aliphatic heterocycles. The SMILES string of the molecule is Cn1c[n+](C)cc1C(O)[C@H](N)C(=O)O. The van der Waals surface area contributed by atoms with Crippen molar-refractivity contribution in [3.63, 3.8) is 0 Å². The zero-order valence-electron chi connectivity index (χ0n) is 8.08. The molecule has 1 aromatic rings. The van der Waals surface area contributed by atoms with Crippen molar-refractivity contribution in [3.05, 3.63) is 18.2 Å². The Labute approximate surface area is 81.2 Å². The molecule has 0 aromatic carbocycles. The number of carboxylic acids is 1. The maximum Gasteiger partial charge on any atom is 0.323 e. The van der Waals surface area contributed by atoms with Crippen LogP contribution < -0.4 is 10.3 Å². The molecule has 0 saturated carbocycles. The Morgan fingerprint density at radius 3 is 2.64 bits per heavy atom. The molecule has 0 radical (unpaired) electrons. The largest absolute Gasteiger partial charge is 0.480 e. The number of nitrogens with zero attached hydrogens (tertiary/aromatic N) is 2. The summed E-state index contributed by atoms with van der Waals surface area (Å²) in [6, 6.07) is -1.30. The molecule has 0 amide bonds. The number of hydrogen-bond acceptors (Lipinski definition) is 3. The number of aryl methyl sites for hydroxylation is 2. The maximum atomic E-state index is 10.5. The first-order chi connectivity index (χ1) is 6.43. The van der Waals surface area contributed by atoms with E-state index >= 15 is 0 Å². The van der Waals surface area contributed by atoms with Crippen molar-refractivity contribution < 1.29 is 19.6 Å². The van der Waals surface area contributed by atoms with Crippen molar-refractivity contribution in [2.75, 3.05) is 0 Å². The zero-order chi connectivity index (χ0) is 10.9. The average Bonchev–Trinajstić information content (AvgIpc) is 2.42. The van der Waals surface area contributed by atoms with Crippen LogP contribution in [0.15, 0.2) is 12.5 Å². The van der Waals surface area contributed by atoms with Gasteiger partial charge in [-0.3, -0.25) is 4.79 Å². The van der Waals surface area contributed by atoms with E-state index in [2.05, 4.69) is 0 Å². The summed E-state index contributed by atoms with van der Waals surface area (Å²) in [6.07, 6.45) is 2.15. The van der Waals surface area contributed by atoms with Crippen LogP contribution in [0, 0.1) is 0 Å². The van der Waals surface area contributed by atoms with Gasteiger partial charge in [0.2, 0.25) is 6.33 Å². The molecular weight excluding hydrogens is 186 g/mol. The Kier molecular flexibility index (Phi) is 2.87. The smallest absolute Gasteiger partial charge is 0.323 e. The first-order valence-electron chi connectivity index (χ1n) is 4.11. The Morgan fingerprint density at radius 2 is 2.29 bits per heavy atom. The zero-order valence-corrected chi connectivity index (χ0v) is 8.08. The number of aliphatic hydroxyl groups is 1. The van der Waals surface area contributed by atoms with Crippen LogP contribution >= 0.6 is 0 Å². The van der Waals surface area contributed by atoms with Crippen molar-refractivity contribution in [2.24, 2.45) is 19.8 Å². The fraction of sp³-hybridized carbons (Fsp3) is 0.500. The molecule has 4 N–H and O–H groups in total. The van der Waals surface area contributed by atoms with Gasteiger partial charge in [0.15, 0.2) is 5.69 Å². The van der Waals surface area contributed by atoms with Gasteiger partial charge in [-0.15, -0.1) is 0 Å². The Balaban J connectivity index is 2.94. The van der Waals surface area contributed by atoms with Gasteiger partial charge in [-0.05, 0) is 0 Å². The summed E-state index contributed by atoms with van der Waals surface area (Å²) in [6.45, 7) is 0. The van der Waals surface area contributed by atoms with Gasteiger partial charge in [0, 0.05) is 0 Å². The predicted octanol–water partition coefficient (Wildman–Crippen LogP) is -1.71. The molecule has 0 saturated heterocycles. The van der Waals surface area contributed by atoms with Gasteiger partial charge in [-0.25, -0.2) is 9.13 Å². The van der Waals surface area contributed by atoms with E-state index in [0.29, 0.717) is 5.69 Å². The van der Waals surface area contributed by atoms with Gasteiger partial charge in [0.25, 0.3) is 0 Å². The van der Waals surface area contributed by atoms with E-state index in [1.165, 1.54) is 0 Å². The van der Waals surface area contributed by atoms with Crippen LogP contribution in [0.2, 0.25) is 0 Å². The van der Waals surface area contributed by atoms with Crippen molar-refractivity contribution in [1.29, 1.82) is 0 Å². The van der Waals surface area contributed by atoms with E-state index in [4.69, 9.17) is 10.8 Å². The van der Waals surface area contributed by atoms with Crippen LogP contribution in [0.1, 0.15) is 11.8 Å². The molecule has 1 unspecified atom stereocenters. The lowest BCUT2D eigenvalue weighted by atomic mass is 10.1. The number of aliphatic hydroxyl groups excluding tert-OH is 1. The number of hydrogen-bond donors (Lipinski definition) is 3. The highest BCUT2D eigenvalue weighted by Gasteiger charge is 2.29. The van der Waals surface area contributed by atoms with Crippen LogP contribution in [0.3, 0.4) is 0 Å². The second-order valence-corrected chi connectivity index (χ2v) is 3.25. The molecule has 0 aliphatic rings. The number of imidazole rings is 1. The van der Waals surface area contributed by atoms with Crippen LogP contribution in [0.4, 0.5) is 0 Å². The molecule has 6 heteroatoms. The predicted molar refractivity (Wildman–Crippen MR) is 47.2 cm³/mol. The summed E-state index contributed by atoms with van der Waals surface area (Å²) >= 11 is 0. The minimum absolute atomic E-state index is 0.474. The Bertz CT molecular complexity index is 348. The second-order valence-electron chi connectivity index (χ2n) is 3.25. The minimum atomic E-state index is -1.30. The number of aliphatic carboxylic acids is 1. The third-order valence-electron chi connectivity index (χ3n) is 2.03. The van der Waals surface area contributed by atoms with Crippen molar-refractivity contribution in [1.82, 2.24) is 4.57 Å². The van der Waals surface area contributed by atoms with Crippen LogP contribution in [-0.4, -0.2) is 26.8 Å². The monoisotopic (exact) mass is 200 g/mol. The first-order valence-corrected chi connectivity index (χ1v) is 4.11. The Hall–Kier alpha value is -1.40. The molecule has 0 spiro atoms. The third-order valence-corrected chi connectivity index (χ3v) is 2.03. The van der Waals surface area contributed by atoms with Gasteiger partial charge < -0.3 is 15.9 Å². The van der Waals surface area contributed by atoms with Gasteiger partial charge in [-0.1, -0.05) is 0 Å². The molecule has 6 nitrogen and oxygen atoms in total.